The lowest BCUT2D eigenvalue weighted by molar-refractivity contribution is -0.138. The summed E-state index contributed by atoms with van der Waals surface area (Å²) in [6.07, 6.45) is 0.845. The second-order valence-electron chi connectivity index (χ2n) is 7.34. The summed E-state index contributed by atoms with van der Waals surface area (Å²) in [7, 11) is 1.62. The molecule has 2 aromatic rings. The number of hydrogen-bond acceptors (Lipinski definition) is 4. The van der Waals surface area contributed by atoms with Crippen LogP contribution in [-0.4, -0.2) is 41.7 Å². The lowest BCUT2D eigenvalue weighted by Gasteiger charge is -2.29. The molecule has 30 heavy (non-hydrogen) atoms. The van der Waals surface area contributed by atoms with Gasteiger partial charge in [-0.05, 0) is 43.5 Å². The number of thioether (sulfide) groups is 1. The van der Waals surface area contributed by atoms with Gasteiger partial charge in [0.25, 0.3) is 0 Å². The lowest BCUT2D eigenvalue weighted by atomic mass is 10.1. The lowest BCUT2D eigenvalue weighted by Crippen LogP contribution is -2.50. The maximum absolute atomic E-state index is 13.1. The molecule has 2 amide bonds. The van der Waals surface area contributed by atoms with E-state index in [0.29, 0.717) is 12.3 Å². The van der Waals surface area contributed by atoms with Crippen molar-refractivity contribution < 1.29 is 14.3 Å². The average Bonchev–Trinajstić information content (AvgIpc) is 2.77. The zero-order valence-corrected chi connectivity index (χ0v) is 19.1. The van der Waals surface area contributed by atoms with Gasteiger partial charge < -0.3 is 15.0 Å². The van der Waals surface area contributed by atoms with Gasteiger partial charge in [0.1, 0.15) is 11.8 Å². The Balaban J connectivity index is 2.07. The molecule has 0 fully saturated rings. The van der Waals surface area contributed by atoms with Crippen molar-refractivity contribution in [3.8, 4) is 5.75 Å². The highest BCUT2D eigenvalue weighted by Crippen LogP contribution is 2.18. The van der Waals surface area contributed by atoms with Gasteiger partial charge in [0, 0.05) is 18.3 Å². The van der Waals surface area contributed by atoms with Crippen molar-refractivity contribution in [1.82, 2.24) is 10.2 Å². The quantitative estimate of drug-likeness (QED) is 0.581. The summed E-state index contributed by atoms with van der Waals surface area (Å²) < 4.78 is 5.21. The first-order chi connectivity index (χ1) is 14.4. The molecule has 0 radical (unpaired) electrons. The molecule has 5 nitrogen and oxygen atoms in total. The Morgan fingerprint density at radius 3 is 2.30 bits per heavy atom. The number of methoxy groups -OCH3 is 1. The molecule has 0 aliphatic carbocycles. The molecule has 2 rings (SSSR count). The normalized spacial score (nSPS) is 12.7. The number of rotatable bonds is 11. The standard InChI is InChI=1S/C24H32N2O3S/c1-5-18(2)25-24(28)19(3)26(15-20-11-13-22(29-4)14-12-20)23(27)17-30-16-21-9-7-6-8-10-21/h6-14,18-19H,5,15-17H2,1-4H3,(H,25,28)/t18-,19-/m1/s1. The summed E-state index contributed by atoms with van der Waals surface area (Å²) in [5.41, 5.74) is 2.14. The van der Waals surface area contributed by atoms with Gasteiger partial charge in [-0.25, -0.2) is 0 Å². The molecule has 2 aromatic carbocycles. The van der Waals surface area contributed by atoms with Crippen LogP contribution in [0.4, 0.5) is 0 Å². The van der Waals surface area contributed by atoms with Gasteiger partial charge in [-0.15, -0.1) is 11.8 Å². The van der Waals surface area contributed by atoms with Crippen molar-refractivity contribution in [2.75, 3.05) is 12.9 Å². The van der Waals surface area contributed by atoms with E-state index in [-0.39, 0.29) is 17.9 Å². The number of hydrogen-bond donors (Lipinski definition) is 1. The van der Waals surface area contributed by atoms with Gasteiger partial charge in [0.15, 0.2) is 0 Å². The van der Waals surface area contributed by atoms with Gasteiger partial charge in [-0.3, -0.25) is 9.59 Å². The number of benzene rings is 2. The Morgan fingerprint density at radius 1 is 1.03 bits per heavy atom. The minimum absolute atomic E-state index is 0.0430. The van der Waals surface area contributed by atoms with Crippen molar-refractivity contribution >= 4 is 23.6 Å². The van der Waals surface area contributed by atoms with E-state index in [1.54, 1.807) is 30.7 Å². The Bertz CT molecular complexity index is 796. The molecule has 0 heterocycles. The van der Waals surface area contributed by atoms with E-state index in [9.17, 15) is 9.59 Å². The van der Waals surface area contributed by atoms with Crippen LogP contribution in [-0.2, 0) is 21.9 Å². The number of carbonyl (C=O) groups is 2. The molecule has 0 aromatic heterocycles. The van der Waals surface area contributed by atoms with Crippen molar-refractivity contribution in [2.24, 2.45) is 0 Å². The molecule has 0 aliphatic heterocycles. The molecule has 0 aliphatic rings. The molecule has 0 saturated carbocycles. The minimum Gasteiger partial charge on any atom is -0.497 e. The summed E-state index contributed by atoms with van der Waals surface area (Å²) in [5, 5.41) is 2.99. The molecule has 6 heteroatoms. The van der Waals surface area contributed by atoms with Crippen molar-refractivity contribution in [1.29, 1.82) is 0 Å². The molecule has 0 bridgehead atoms. The van der Waals surface area contributed by atoms with Crippen LogP contribution < -0.4 is 10.1 Å². The SMILES string of the molecule is CC[C@@H](C)NC(=O)[C@@H](C)N(Cc1ccc(OC)cc1)C(=O)CSCc1ccccc1. The monoisotopic (exact) mass is 428 g/mol. The fourth-order valence-electron chi connectivity index (χ4n) is 2.89. The molecule has 0 unspecified atom stereocenters. The highest BCUT2D eigenvalue weighted by molar-refractivity contribution is 7.99. The third-order valence-corrected chi connectivity index (χ3v) is 6.01. The summed E-state index contributed by atoms with van der Waals surface area (Å²) in [4.78, 5) is 27.4. The summed E-state index contributed by atoms with van der Waals surface area (Å²) >= 11 is 1.56. The third-order valence-electron chi connectivity index (χ3n) is 5.02. The van der Waals surface area contributed by atoms with Gasteiger partial charge >= 0.3 is 0 Å². The van der Waals surface area contributed by atoms with E-state index >= 15 is 0 Å². The Kier molecular flexibility index (Phi) is 9.74. The smallest absolute Gasteiger partial charge is 0.242 e. The third kappa shape index (κ3) is 7.41. The molecule has 2 atom stereocenters. The van der Waals surface area contributed by atoms with Crippen LogP contribution in [0.25, 0.3) is 0 Å². The van der Waals surface area contributed by atoms with Crippen LogP contribution in [0.5, 0.6) is 5.75 Å². The van der Waals surface area contributed by atoms with Crippen LogP contribution in [0, 0.1) is 0 Å². The Labute approximate surface area is 184 Å². The molecule has 0 spiro atoms. The van der Waals surface area contributed by atoms with E-state index in [0.717, 1.165) is 23.5 Å². The number of amides is 2. The van der Waals surface area contributed by atoms with Crippen LogP contribution in [0.3, 0.4) is 0 Å². The topological polar surface area (TPSA) is 58.6 Å². The van der Waals surface area contributed by atoms with E-state index in [1.807, 2.05) is 56.3 Å². The molecule has 1 N–H and O–H groups in total. The summed E-state index contributed by atoms with van der Waals surface area (Å²) in [6.45, 7) is 6.16. The van der Waals surface area contributed by atoms with E-state index in [2.05, 4.69) is 17.4 Å². The predicted molar refractivity (Wildman–Crippen MR) is 124 cm³/mol. The van der Waals surface area contributed by atoms with Crippen LogP contribution in [0.1, 0.15) is 38.3 Å². The largest absolute Gasteiger partial charge is 0.497 e. The number of nitrogens with one attached hydrogen (secondary N) is 1. The second-order valence-corrected chi connectivity index (χ2v) is 8.33. The Morgan fingerprint density at radius 2 is 1.70 bits per heavy atom. The maximum Gasteiger partial charge on any atom is 0.242 e. The molecule has 162 valence electrons. The average molecular weight is 429 g/mol. The van der Waals surface area contributed by atoms with Gasteiger partial charge in [-0.2, -0.15) is 0 Å². The highest BCUT2D eigenvalue weighted by Gasteiger charge is 2.26. The first kappa shape index (κ1) is 23.8. The number of carbonyl (C=O) groups excluding carboxylic acids is 2. The van der Waals surface area contributed by atoms with Gasteiger partial charge in [0.2, 0.25) is 11.8 Å². The molecule has 0 saturated heterocycles. The van der Waals surface area contributed by atoms with Crippen molar-refractivity contribution in [2.45, 2.75) is 51.6 Å². The van der Waals surface area contributed by atoms with Gasteiger partial charge in [-0.1, -0.05) is 49.4 Å². The van der Waals surface area contributed by atoms with E-state index in [1.165, 1.54) is 5.56 Å². The maximum atomic E-state index is 13.1. The van der Waals surface area contributed by atoms with Crippen LogP contribution >= 0.6 is 11.8 Å². The molecular formula is C24H32N2O3S. The van der Waals surface area contributed by atoms with E-state index in [4.69, 9.17) is 4.74 Å². The Hall–Kier alpha value is -2.47. The number of ether oxygens (including phenoxy) is 1. The minimum atomic E-state index is -0.550. The summed E-state index contributed by atoms with van der Waals surface area (Å²) in [6, 6.07) is 17.2. The molecular weight excluding hydrogens is 396 g/mol. The fraction of sp³-hybridized carbons (Fsp3) is 0.417. The van der Waals surface area contributed by atoms with Gasteiger partial charge in [0.05, 0.1) is 12.9 Å². The zero-order valence-electron chi connectivity index (χ0n) is 18.3. The predicted octanol–water partition coefficient (Wildman–Crippen LogP) is 4.26. The highest BCUT2D eigenvalue weighted by atomic mass is 32.2. The van der Waals surface area contributed by atoms with E-state index < -0.39 is 6.04 Å². The summed E-state index contributed by atoms with van der Waals surface area (Å²) in [5.74, 6) is 1.68. The zero-order chi connectivity index (χ0) is 21.9. The van der Waals surface area contributed by atoms with Crippen LogP contribution in [0.2, 0.25) is 0 Å². The van der Waals surface area contributed by atoms with Crippen LogP contribution in [0.15, 0.2) is 54.6 Å². The van der Waals surface area contributed by atoms with Crippen molar-refractivity contribution in [3.05, 3.63) is 65.7 Å². The van der Waals surface area contributed by atoms with Crippen molar-refractivity contribution in [3.63, 3.8) is 0 Å². The fourth-order valence-corrected chi connectivity index (χ4v) is 3.76. The first-order valence-electron chi connectivity index (χ1n) is 10.3. The second kappa shape index (κ2) is 12.3. The first-order valence-corrected chi connectivity index (χ1v) is 11.4. The number of nitrogens with zero attached hydrogens (tertiary/aromatic N) is 1.